The van der Waals surface area contributed by atoms with Crippen LogP contribution in [0.25, 0.3) is 22.0 Å². The summed E-state index contributed by atoms with van der Waals surface area (Å²) in [5.41, 5.74) is 3.57. The highest BCUT2D eigenvalue weighted by molar-refractivity contribution is 6.03. The van der Waals surface area contributed by atoms with Crippen LogP contribution in [-0.4, -0.2) is 71.4 Å². The summed E-state index contributed by atoms with van der Waals surface area (Å²) in [5, 5.41) is 12.9. The fourth-order valence-electron chi connectivity index (χ4n) is 5.70. The molecule has 1 saturated heterocycles. The monoisotopic (exact) mass is 637 g/mol. The maximum Gasteiger partial charge on any atom is 0.247 e. The number of rotatable bonds is 10. The number of fused-ring (bicyclic) bond motifs is 1. The van der Waals surface area contributed by atoms with Crippen LogP contribution < -0.4 is 26.0 Å². The van der Waals surface area contributed by atoms with Gasteiger partial charge in [0.05, 0.1) is 24.4 Å². The number of likely N-dealkylation sites (tertiary alicyclic amines) is 1. The molecule has 3 amide bonds. The smallest absolute Gasteiger partial charge is 0.247 e. The number of likely N-dealkylation sites (N-methyl/N-ethyl adjacent to an activating group) is 1. The second-order valence-corrected chi connectivity index (χ2v) is 12.9. The third-order valence-corrected chi connectivity index (χ3v) is 8.53. The molecule has 1 fully saturated rings. The lowest BCUT2D eigenvalue weighted by Gasteiger charge is -2.36. The fraction of sp³-hybridized carbons (Fsp3) is 0.361. The second kappa shape index (κ2) is 14.2. The average Bonchev–Trinajstić information content (AvgIpc) is 3.57. The van der Waals surface area contributed by atoms with E-state index in [1.54, 1.807) is 31.0 Å². The van der Waals surface area contributed by atoms with Gasteiger partial charge in [-0.25, -0.2) is 9.97 Å². The molecule has 246 valence electrons. The molecular weight excluding hydrogens is 594 g/mol. The van der Waals surface area contributed by atoms with E-state index in [-0.39, 0.29) is 17.7 Å². The van der Waals surface area contributed by atoms with Crippen molar-refractivity contribution in [2.75, 3.05) is 31.3 Å². The van der Waals surface area contributed by atoms with Crippen LogP contribution in [0.4, 0.5) is 17.2 Å². The number of carbonyl (C=O) groups is 3. The minimum absolute atomic E-state index is 0.277. The van der Waals surface area contributed by atoms with Crippen molar-refractivity contribution in [3.8, 4) is 16.9 Å². The number of nitrogens with zero attached hydrogens (tertiary/aromatic N) is 3. The first kappa shape index (κ1) is 33.3. The molecule has 4 N–H and O–H groups in total. The van der Waals surface area contributed by atoms with Crippen molar-refractivity contribution in [1.82, 2.24) is 25.5 Å². The minimum Gasteiger partial charge on any atom is -0.494 e. The number of carbonyl (C=O) groups excluding carboxylic acids is 3. The summed E-state index contributed by atoms with van der Waals surface area (Å²) in [6.07, 6.45) is 2.64. The Labute approximate surface area is 275 Å². The summed E-state index contributed by atoms with van der Waals surface area (Å²) in [7, 11) is 3.22. The van der Waals surface area contributed by atoms with Gasteiger partial charge in [-0.05, 0) is 61.6 Å². The molecule has 3 aromatic carbocycles. The Morgan fingerprint density at radius 1 is 0.979 bits per heavy atom. The minimum atomic E-state index is -0.804. The van der Waals surface area contributed by atoms with E-state index in [9.17, 15) is 14.4 Å². The molecule has 0 bridgehead atoms. The van der Waals surface area contributed by atoms with E-state index in [0.717, 1.165) is 16.8 Å². The van der Waals surface area contributed by atoms with Crippen molar-refractivity contribution in [2.24, 2.45) is 5.41 Å². The lowest BCUT2D eigenvalue weighted by molar-refractivity contribution is -0.143. The number of hydrogen-bond acceptors (Lipinski definition) is 8. The van der Waals surface area contributed by atoms with E-state index in [1.165, 1.54) is 13.4 Å². The molecule has 1 aliphatic heterocycles. The van der Waals surface area contributed by atoms with Crippen LogP contribution in [-0.2, 0) is 14.4 Å². The molecule has 2 heterocycles. The maximum atomic E-state index is 13.9. The van der Waals surface area contributed by atoms with Crippen LogP contribution in [0.3, 0.4) is 0 Å². The Kier molecular flexibility index (Phi) is 10.0. The molecule has 0 aliphatic carbocycles. The summed E-state index contributed by atoms with van der Waals surface area (Å²) in [6, 6.07) is 19.8. The van der Waals surface area contributed by atoms with Gasteiger partial charge in [0, 0.05) is 23.7 Å². The Hall–Kier alpha value is -5.03. The van der Waals surface area contributed by atoms with Crippen LogP contribution in [0.2, 0.25) is 0 Å². The van der Waals surface area contributed by atoms with Crippen molar-refractivity contribution in [2.45, 2.75) is 58.7 Å². The first-order valence-electron chi connectivity index (χ1n) is 15.8. The highest BCUT2D eigenvalue weighted by Crippen LogP contribution is 2.34. The summed E-state index contributed by atoms with van der Waals surface area (Å²) in [5.74, 6) is 0.104. The van der Waals surface area contributed by atoms with Crippen LogP contribution in [0, 0.1) is 5.41 Å². The number of methoxy groups -OCH3 is 1. The second-order valence-electron chi connectivity index (χ2n) is 12.9. The lowest BCUT2D eigenvalue weighted by Crippen LogP contribution is -2.59. The van der Waals surface area contributed by atoms with Crippen molar-refractivity contribution >= 4 is 45.8 Å². The predicted molar refractivity (Wildman–Crippen MR) is 185 cm³/mol. The summed E-state index contributed by atoms with van der Waals surface area (Å²) >= 11 is 0. The standard InChI is InChI=1S/C36H43N7O4/c1-22(37-5)33(44)42-31(36(2,3)4)35(46)43-18-10-13-29(43)34(45)41-28-19-26-27(20-30(28)47-6)38-21-39-32(26)40-25-16-14-24(15-17-25)23-11-8-7-9-12-23/h7-9,11-12,14-17,19-22,29,31,37H,10,13,18H2,1-6H3,(H,41,45)(H,42,44)(H,38,39,40). The molecule has 4 aromatic rings. The van der Waals surface area contributed by atoms with Crippen molar-refractivity contribution in [1.29, 1.82) is 0 Å². The molecule has 0 saturated carbocycles. The van der Waals surface area contributed by atoms with E-state index in [4.69, 9.17) is 4.74 Å². The van der Waals surface area contributed by atoms with Crippen LogP contribution in [0.5, 0.6) is 5.75 Å². The van der Waals surface area contributed by atoms with Crippen molar-refractivity contribution in [3.63, 3.8) is 0 Å². The van der Waals surface area contributed by atoms with Gasteiger partial charge in [0.1, 0.15) is 30.0 Å². The Bertz CT molecular complexity index is 1740. The molecule has 1 aliphatic rings. The lowest BCUT2D eigenvalue weighted by atomic mass is 9.85. The van der Waals surface area contributed by atoms with Gasteiger partial charge in [-0.3, -0.25) is 14.4 Å². The highest BCUT2D eigenvalue weighted by Gasteiger charge is 2.42. The Morgan fingerprint density at radius 3 is 2.34 bits per heavy atom. The third-order valence-electron chi connectivity index (χ3n) is 8.53. The van der Waals surface area contributed by atoms with Crippen molar-refractivity contribution in [3.05, 3.63) is 73.1 Å². The quantitative estimate of drug-likeness (QED) is 0.188. The largest absolute Gasteiger partial charge is 0.494 e. The zero-order chi connectivity index (χ0) is 33.7. The van der Waals surface area contributed by atoms with Gasteiger partial charge in [0.15, 0.2) is 0 Å². The summed E-state index contributed by atoms with van der Waals surface area (Å²) in [6.45, 7) is 7.85. The van der Waals surface area contributed by atoms with Gasteiger partial charge < -0.3 is 30.9 Å². The molecule has 3 unspecified atom stereocenters. The molecule has 11 heteroatoms. The van der Waals surface area contributed by atoms with Gasteiger partial charge >= 0.3 is 0 Å². The third kappa shape index (κ3) is 7.52. The van der Waals surface area contributed by atoms with Crippen LogP contribution >= 0.6 is 0 Å². The number of hydrogen-bond donors (Lipinski definition) is 4. The van der Waals surface area contributed by atoms with Crippen LogP contribution in [0.15, 0.2) is 73.1 Å². The van der Waals surface area contributed by atoms with Crippen LogP contribution in [0.1, 0.15) is 40.5 Å². The number of benzene rings is 3. The molecule has 3 atom stereocenters. The number of amides is 3. The first-order chi connectivity index (χ1) is 22.5. The Morgan fingerprint density at radius 2 is 1.68 bits per heavy atom. The zero-order valence-corrected chi connectivity index (χ0v) is 27.8. The molecule has 1 aromatic heterocycles. The van der Waals surface area contributed by atoms with E-state index in [1.807, 2.05) is 63.2 Å². The SMILES string of the molecule is CNC(C)C(=O)NC(C(=O)N1CCCC1C(=O)Nc1cc2c(Nc3ccc(-c4ccccc4)cc3)ncnc2cc1OC)C(C)(C)C. The average molecular weight is 638 g/mol. The normalized spacial score (nSPS) is 16.0. The topological polar surface area (TPSA) is 138 Å². The van der Waals surface area contributed by atoms with Gasteiger partial charge in [-0.1, -0.05) is 63.2 Å². The maximum absolute atomic E-state index is 13.9. The molecule has 0 radical (unpaired) electrons. The fourth-order valence-corrected chi connectivity index (χ4v) is 5.70. The zero-order valence-electron chi connectivity index (χ0n) is 27.8. The van der Waals surface area contributed by atoms with Gasteiger partial charge in [0.2, 0.25) is 17.7 Å². The molecule has 11 nitrogen and oxygen atoms in total. The predicted octanol–water partition coefficient (Wildman–Crippen LogP) is 5.12. The van der Waals surface area contributed by atoms with E-state index < -0.39 is 23.5 Å². The molecule has 47 heavy (non-hydrogen) atoms. The van der Waals surface area contributed by atoms with Gasteiger partial charge in [0.25, 0.3) is 0 Å². The van der Waals surface area contributed by atoms with E-state index in [2.05, 4.69) is 43.4 Å². The van der Waals surface area contributed by atoms with E-state index in [0.29, 0.717) is 47.5 Å². The van der Waals surface area contributed by atoms with E-state index >= 15 is 0 Å². The summed E-state index contributed by atoms with van der Waals surface area (Å²) in [4.78, 5) is 50.9. The van der Waals surface area contributed by atoms with Gasteiger partial charge in [-0.2, -0.15) is 0 Å². The van der Waals surface area contributed by atoms with Crippen molar-refractivity contribution < 1.29 is 19.1 Å². The number of ether oxygens (including phenoxy) is 1. The molecule has 5 rings (SSSR count). The van der Waals surface area contributed by atoms with Gasteiger partial charge in [-0.15, -0.1) is 0 Å². The summed E-state index contributed by atoms with van der Waals surface area (Å²) < 4.78 is 5.63. The molecular formula is C36H43N7O4. The highest BCUT2D eigenvalue weighted by atomic mass is 16.5. The Balaban J connectivity index is 1.37. The number of aromatic nitrogens is 2. The molecule has 0 spiro atoms. The number of anilines is 3. The first-order valence-corrected chi connectivity index (χ1v) is 15.8. The number of nitrogens with one attached hydrogen (secondary N) is 4.